The van der Waals surface area contributed by atoms with Gasteiger partial charge in [0.25, 0.3) is 5.56 Å². The van der Waals surface area contributed by atoms with E-state index in [0.29, 0.717) is 11.1 Å². The second kappa shape index (κ2) is 7.61. The summed E-state index contributed by atoms with van der Waals surface area (Å²) in [5, 5.41) is 0.786. The predicted molar refractivity (Wildman–Crippen MR) is 120 cm³/mol. The van der Waals surface area contributed by atoms with E-state index in [1.165, 1.54) is 22.2 Å². The van der Waals surface area contributed by atoms with Crippen LogP contribution in [0.4, 0.5) is 0 Å². The maximum absolute atomic E-state index is 13.8. The fraction of sp³-hybridized carbons (Fsp3) is 0.409. The van der Waals surface area contributed by atoms with E-state index in [9.17, 15) is 9.59 Å². The highest BCUT2D eigenvalue weighted by atomic mass is 32.2. The number of fused-ring (bicyclic) bond motifs is 3. The lowest BCUT2D eigenvalue weighted by atomic mass is 9.89. The lowest BCUT2D eigenvalue weighted by molar-refractivity contribution is -0.117. The van der Waals surface area contributed by atoms with Crippen molar-refractivity contribution in [3.05, 3.63) is 50.1 Å². The number of hydrogen-bond donors (Lipinski definition) is 1. The van der Waals surface area contributed by atoms with Crippen LogP contribution in [0, 0.1) is 19.8 Å². The van der Waals surface area contributed by atoms with Gasteiger partial charge in [0.15, 0.2) is 5.16 Å². The molecule has 0 radical (unpaired) electrons. The Hall–Kier alpha value is -2.12. The summed E-state index contributed by atoms with van der Waals surface area (Å²) < 4.78 is 1.68. The number of thiophene rings is 1. The lowest BCUT2D eigenvalue weighted by Gasteiger charge is -2.18. The number of primary amides is 1. The zero-order chi connectivity index (χ0) is 20.9. The van der Waals surface area contributed by atoms with E-state index in [2.05, 4.69) is 6.92 Å². The standard InChI is InChI=1S/C22H25N3O2S2/c1-11-5-7-13(3)16(9-11)25-21(27)18-15-8-6-12(2)10-17(15)29-20(18)24-22(25)28-14(4)19(23)26/h5,7,9,12,14H,6,8,10H2,1-4H3,(H2,23,26)/t12-,14+/m1/s1. The fourth-order valence-electron chi connectivity index (χ4n) is 3.84. The Morgan fingerprint density at radius 1 is 1.38 bits per heavy atom. The molecule has 0 spiro atoms. The van der Waals surface area contributed by atoms with E-state index >= 15 is 0 Å². The smallest absolute Gasteiger partial charge is 0.267 e. The molecule has 2 N–H and O–H groups in total. The molecule has 1 amide bonds. The molecule has 0 aliphatic heterocycles. The molecule has 0 saturated heterocycles. The van der Waals surface area contributed by atoms with E-state index in [0.717, 1.165) is 46.3 Å². The normalized spacial score (nSPS) is 17.3. The average molecular weight is 428 g/mol. The number of nitrogens with two attached hydrogens (primary N) is 1. The summed E-state index contributed by atoms with van der Waals surface area (Å²) in [6, 6.07) is 6.05. The Morgan fingerprint density at radius 2 is 2.14 bits per heavy atom. The molecule has 0 unspecified atom stereocenters. The van der Waals surface area contributed by atoms with Crippen molar-refractivity contribution in [1.82, 2.24) is 9.55 Å². The summed E-state index contributed by atoms with van der Waals surface area (Å²) in [4.78, 5) is 32.4. The zero-order valence-electron chi connectivity index (χ0n) is 17.1. The number of rotatable bonds is 4. The number of aromatic nitrogens is 2. The van der Waals surface area contributed by atoms with Crippen LogP contribution in [0.5, 0.6) is 0 Å². The van der Waals surface area contributed by atoms with Gasteiger partial charge in [-0.3, -0.25) is 14.2 Å². The number of carbonyl (C=O) groups is 1. The highest BCUT2D eigenvalue weighted by Crippen LogP contribution is 2.37. The number of aryl methyl sites for hydroxylation is 3. The van der Waals surface area contributed by atoms with Gasteiger partial charge in [-0.1, -0.05) is 30.8 Å². The van der Waals surface area contributed by atoms with E-state index in [1.54, 1.807) is 22.8 Å². The molecule has 2 heterocycles. The first kappa shape index (κ1) is 20.2. The van der Waals surface area contributed by atoms with Gasteiger partial charge in [0, 0.05) is 4.88 Å². The molecule has 2 atom stereocenters. The Balaban J connectivity index is 2.02. The number of thioether (sulfide) groups is 1. The number of amides is 1. The van der Waals surface area contributed by atoms with E-state index < -0.39 is 11.2 Å². The highest BCUT2D eigenvalue weighted by Gasteiger charge is 2.26. The molecular weight excluding hydrogens is 402 g/mol. The molecule has 0 fully saturated rings. The van der Waals surface area contributed by atoms with Crippen molar-refractivity contribution in [2.75, 3.05) is 0 Å². The Morgan fingerprint density at radius 3 is 2.86 bits per heavy atom. The molecule has 152 valence electrons. The molecule has 7 heteroatoms. The minimum Gasteiger partial charge on any atom is -0.369 e. The van der Waals surface area contributed by atoms with Crippen LogP contribution in [0.3, 0.4) is 0 Å². The van der Waals surface area contributed by atoms with Crippen LogP contribution in [0.25, 0.3) is 15.9 Å². The summed E-state index contributed by atoms with van der Waals surface area (Å²) >= 11 is 2.87. The van der Waals surface area contributed by atoms with Gasteiger partial charge in [-0.2, -0.15) is 0 Å². The second-order valence-corrected chi connectivity index (χ2v) is 10.4. The summed E-state index contributed by atoms with van der Waals surface area (Å²) in [5.74, 6) is 0.205. The quantitative estimate of drug-likeness (QED) is 0.501. The van der Waals surface area contributed by atoms with Crippen molar-refractivity contribution < 1.29 is 4.79 Å². The number of carbonyl (C=O) groups excluding carboxylic acids is 1. The Labute approximate surface area is 178 Å². The van der Waals surface area contributed by atoms with Gasteiger partial charge < -0.3 is 5.73 Å². The summed E-state index contributed by atoms with van der Waals surface area (Å²) in [7, 11) is 0. The van der Waals surface area contributed by atoms with Crippen molar-refractivity contribution in [2.45, 2.75) is 57.4 Å². The minimum atomic E-state index is -0.481. The second-order valence-electron chi connectivity index (χ2n) is 8.02. The number of hydrogen-bond acceptors (Lipinski definition) is 5. The van der Waals surface area contributed by atoms with Crippen molar-refractivity contribution in [3.8, 4) is 5.69 Å². The summed E-state index contributed by atoms with van der Waals surface area (Å²) in [6.45, 7) is 8.00. The third-order valence-corrected chi connectivity index (χ3v) is 7.81. The zero-order valence-corrected chi connectivity index (χ0v) is 18.7. The predicted octanol–water partition coefficient (Wildman–Crippen LogP) is 4.15. The van der Waals surface area contributed by atoms with Crippen LogP contribution in [0.2, 0.25) is 0 Å². The minimum absolute atomic E-state index is 0.0464. The van der Waals surface area contributed by atoms with Crippen LogP contribution >= 0.6 is 23.1 Å². The van der Waals surface area contributed by atoms with Crippen LogP contribution in [-0.2, 0) is 17.6 Å². The molecule has 1 aliphatic rings. The van der Waals surface area contributed by atoms with Gasteiger partial charge in [0.1, 0.15) is 4.83 Å². The van der Waals surface area contributed by atoms with Gasteiger partial charge in [-0.15, -0.1) is 11.3 Å². The molecule has 0 saturated carbocycles. The Kier molecular flexibility index (Phi) is 5.29. The third-order valence-electron chi connectivity index (χ3n) is 5.59. The maximum atomic E-state index is 13.8. The van der Waals surface area contributed by atoms with Crippen LogP contribution in [0.1, 0.15) is 41.8 Å². The van der Waals surface area contributed by atoms with E-state index in [1.807, 2.05) is 32.0 Å². The first-order chi connectivity index (χ1) is 13.8. The van der Waals surface area contributed by atoms with Gasteiger partial charge in [0.05, 0.1) is 16.3 Å². The van der Waals surface area contributed by atoms with Crippen LogP contribution < -0.4 is 11.3 Å². The van der Waals surface area contributed by atoms with Crippen molar-refractivity contribution in [2.24, 2.45) is 11.7 Å². The molecule has 3 aromatic rings. The first-order valence-electron chi connectivity index (χ1n) is 9.87. The van der Waals surface area contributed by atoms with E-state index in [4.69, 9.17) is 10.7 Å². The molecule has 1 aromatic carbocycles. The van der Waals surface area contributed by atoms with Crippen molar-refractivity contribution in [3.63, 3.8) is 0 Å². The monoisotopic (exact) mass is 427 g/mol. The lowest BCUT2D eigenvalue weighted by Crippen LogP contribution is -2.27. The average Bonchev–Trinajstić information content (AvgIpc) is 3.01. The number of benzene rings is 1. The first-order valence-corrected chi connectivity index (χ1v) is 11.6. The molecular formula is C22H25N3O2S2. The number of nitrogens with zero attached hydrogens (tertiary/aromatic N) is 2. The van der Waals surface area contributed by atoms with Gasteiger partial charge in [-0.25, -0.2) is 4.98 Å². The highest BCUT2D eigenvalue weighted by molar-refractivity contribution is 8.00. The fourth-order valence-corrected chi connectivity index (χ4v) is 6.13. The molecule has 2 aromatic heterocycles. The third kappa shape index (κ3) is 3.62. The maximum Gasteiger partial charge on any atom is 0.267 e. The summed E-state index contributed by atoms with van der Waals surface area (Å²) in [5.41, 5.74) is 9.49. The van der Waals surface area contributed by atoms with Crippen molar-refractivity contribution in [1.29, 1.82) is 0 Å². The van der Waals surface area contributed by atoms with Gasteiger partial charge in [-0.05, 0) is 68.7 Å². The summed E-state index contributed by atoms with van der Waals surface area (Å²) in [6.07, 6.45) is 3.01. The molecule has 0 bridgehead atoms. The molecule has 1 aliphatic carbocycles. The van der Waals surface area contributed by atoms with Crippen LogP contribution in [-0.4, -0.2) is 20.7 Å². The largest absolute Gasteiger partial charge is 0.369 e. The molecule has 29 heavy (non-hydrogen) atoms. The molecule has 5 nitrogen and oxygen atoms in total. The van der Waals surface area contributed by atoms with Gasteiger partial charge >= 0.3 is 0 Å². The SMILES string of the molecule is Cc1ccc(C)c(-n2c(S[C@@H](C)C(N)=O)nc3sc4c(c3c2=O)CC[C@@H](C)C4)c1. The molecule has 4 rings (SSSR count). The van der Waals surface area contributed by atoms with Crippen LogP contribution in [0.15, 0.2) is 28.2 Å². The Bertz CT molecular complexity index is 1180. The topological polar surface area (TPSA) is 78.0 Å². The van der Waals surface area contributed by atoms with Crippen molar-refractivity contribution >= 4 is 39.2 Å². The van der Waals surface area contributed by atoms with Gasteiger partial charge in [0.2, 0.25) is 5.91 Å². The van der Waals surface area contributed by atoms with E-state index in [-0.39, 0.29) is 5.56 Å².